The van der Waals surface area contributed by atoms with E-state index in [2.05, 4.69) is 15.4 Å². The molecule has 1 atom stereocenters. The molecule has 0 aliphatic rings. The minimum Gasteiger partial charge on any atom is -0.508 e. The van der Waals surface area contributed by atoms with Crippen LogP contribution in [0.25, 0.3) is 5.65 Å². The summed E-state index contributed by atoms with van der Waals surface area (Å²) in [5, 5.41) is 27.8. The second kappa shape index (κ2) is 5.52. The van der Waals surface area contributed by atoms with Gasteiger partial charge in [0.25, 0.3) is 0 Å². The zero-order valence-electron chi connectivity index (χ0n) is 12.0. The molecule has 118 valence electrons. The fraction of sp³-hybridized carbons (Fsp3) is 0.143. The minimum atomic E-state index is -0.585. The zero-order valence-corrected chi connectivity index (χ0v) is 12.0. The maximum atomic E-state index is 13.3. The van der Waals surface area contributed by atoms with Crippen LogP contribution in [0.1, 0.15) is 18.5 Å². The lowest BCUT2D eigenvalue weighted by atomic mass is 10.1. The van der Waals surface area contributed by atoms with E-state index in [9.17, 15) is 19.6 Å². The summed E-state index contributed by atoms with van der Waals surface area (Å²) in [6.07, 6.45) is 1.12. The van der Waals surface area contributed by atoms with Crippen LogP contribution < -0.4 is 5.32 Å². The quantitative estimate of drug-likeness (QED) is 0.566. The number of halogens is 1. The Kier molecular flexibility index (Phi) is 3.53. The molecule has 2 heterocycles. The average Bonchev–Trinajstić information content (AvgIpc) is 2.93. The number of nitro groups is 1. The van der Waals surface area contributed by atoms with E-state index in [-0.39, 0.29) is 11.6 Å². The SMILES string of the molecule is C[C@@H](Nc1ccc2ncc([N+](=O)[O-])n2n1)c1cc(F)ccc1O. The lowest BCUT2D eigenvalue weighted by molar-refractivity contribution is -0.391. The van der Waals surface area contributed by atoms with Crippen molar-refractivity contribution in [3.8, 4) is 5.75 Å². The molecule has 23 heavy (non-hydrogen) atoms. The van der Waals surface area contributed by atoms with Crippen molar-refractivity contribution < 1.29 is 14.4 Å². The number of phenols is 1. The van der Waals surface area contributed by atoms with Crippen LogP contribution in [0, 0.1) is 15.9 Å². The highest BCUT2D eigenvalue weighted by Crippen LogP contribution is 2.27. The first kappa shape index (κ1) is 14.7. The van der Waals surface area contributed by atoms with Crippen LogP contribution in [0.15, 0.2) is 36.5 Å². The predicted molar refractivity (Wildman–Crippen MR) is 79.7 cm³/mol. The molecule has 3 rings (SSSR count). The zero-order chi connectivity index (χ0) is 16.6. The molecule has 0 aliphatic carbocycles. The van der Waals surface area contributed by atoms with Gasteiger partial charge in [0.2, 0.25) is 5.65 Å². The highest BCUT2D eigenvalue weighted by molar-refractivity contribution is 5.49. The Bertz CT molecular complexity index is 895. The maximum Gasteiger partial charge on any atom is 0.368 e. The van der Waals surface area contributed by atoms with Gasteiger partial charge in [0.1, 0.15) is 17.8 Å². The first-order valence-corrected chi connectivity index (χ1v) is 6.70. The van der Waals surface area contributed by atoms with Crippen LogP contribution in [-0.4, -0.2) is 24.6 Å². The monoisotopic (exact) mass is 317 g/mol. The highest BCUT2D eigenvalue weighted by Gasteiger charge is 2.17. The second-order valence-corrected chi connectivity index (χ2v) is 4.93. The summed E-state index contributed by atoms with van der Waals surface area (Å²) in [6.45, 7) is 1.71. The Balaban J connectivity index is 1.93. The van der Waals surface area contributed by atoms with Crippen LogP contribution >= 0.6 is 0 Å². The molecule has 0 bridgehead atoms. The van der Waals surface area contributed by atoms with E-state index in [1.165, 1.54) is 12.1 Å². The van der Waals surface area contributed by atoms with Crippen molar-refractivity contribution in [3.63, 3.8) is 0 Å². The number of aromatic nitrogens is 3. The fourth-order valence-electron chi connectivity index (χ4n) is 2.23. The van der Waals surface area contributed by atoms with Crippen LogP contribution in [0.2, 0.25) is 0 Å². The van der Waals surface area contributed by atoms with E-state index in [4.69, 9.17) is 0 Å². The van der Waals surface area contributed by atoms with E-state index < -0.39 is 16.8 Å². The first-order valence-electron chi connectivity index (χ1n) is 6.70. The number of nitrogens with one attached hydrogen (secondary N) is 1. The molecule has 0 fully saturated rings. The lowest BCUT2D eigenvalue weighted by Gasteiger charge is -2.15. The molecule has 2 N–H and O–H groups in total. The highest BCUT2D eigenvalue weighted by atomic mass is 19.1. The predicted octanol–water partition coefficient (Wildman–Crippen LogP) is 2.66. The average molecular weight is 317 g/mol. The second-order valence-electron chi connectivity index (χ2n) is 4.93. The number of hydrogen-bond donors (Lipinski definition) is 2. The molecule has 3 aromatic rings. The summed E-state index contributed by atoms with van der Waals surface area (Å²) in [6, 6.07) is 6.34. The maximum absolute atomic E-state index is 13.3. The van der Waals surface area contributed by atoms with Gasteiger partial charge in [0.05, 0.1) is 6.04 Å². The van der Waals surface area contributed by atoms with Gasteiger partial charge in [0.15, 0.2) is 5.82 Å². The minimum absolute atomic E-state index is 0.0545. The molecular weight excluding hydrogens is 305 g/mol. The number of nitrogens with zero attached hydrogens (tertiary/aromatic N) is 4. The molecule has 2 aromatic heterocycles. The van der Waals surface area contributed by atoms with Gasteiger partial charge < -0.3 is 20.5 Å². The summed E-state index contributed by atoms with van der Waals surface area (Å²) in [5.41, 5.74) is 0.690. The number of anilines is 1. The number of aromatic hydroxyl groups is 1. The third-order valence-corrected chi connectivity index (χ3v) is 3.35. The summed E-state index contributed by atoms with van der Waals surface area (Å²) >= 11 is 0. The van der Waals surface area contributed by atoms with Crippen molar-refractivity contribution in [2.75, 3.05) is 5.32 Å². The molecule has 0 radical (unpaired) electrons. The lowest BCUT2D eigenvalue weighted by Crippen LogP contribution is -2.10. The van der Waals surface area contributed by atoms with Crippen LogP contribution in [0.4, 0.5) is 16.0 Å². The standard InChI is InChI=1S/C14H12FN5O3/c1-8(10-6-9(15)2-3-11(10)21)17-12-4-5-13-16-7-14(20(22)23)19(13)18-12/h2-8,21H,1H3,(H,17,18)/t8-/m1/s1. The number of rotatable bonds is 4. The Morgan fingerprint density at radius 3 is 2.91 bits per heavy atom. The molecular formula is C14H12FN5O3. The van der Waals surface area contributed by atoms with E-state index in [0.717, 1.165) is 16.8 Å². The van der Waals surface area contributed by atoms with Gasteiger partial charge in [-0.25, -0.2) is 9.37 Å². The smallest absolute Gasteiger partial charge is 0.368 e. The number of imidazole rings is 1. The summed E-state index contributed by atoms with van der Waals surface area (Å²) in [4.78, 5) is 14.2. The number of hydrogen-bond acceptors (Lipinski definition) is 6. The summed E-state index contributed by atoms with van der Waals surface area (Å²) in [5.74, 6) is -0.458. The van der Waals surface area contributed by atoms with Crippen molar-refractivity contribution in [3.05, 3.63) is 58.0 Å². The molecule has 0 spiro atoms. The van der Waals surface area contributed by atoms with E-state index in [0.29, 0.717) is 17.0 Å². The molecule has 8 nitrogen and oxygen atoms in total. The Morgan fingerprint density at radius 2 is 2.17 bits per heavy atom. The molecule has 1 aromatic carbocycles. The van der Waals surface area contributed by atoms with E-state index >= 15 is 0 Å². The Morgan fingerprint density at radius 1 is 1.39 bits per heavy atom. The normalized spacial score (nSPS) is 12.3. The first-order chi connectivity index (χ1) is 11.0. The van der Waals surface area contributed by atoms with Gasteiger partial charge in [-0.2, -0.15) is 0 Å². The number of phenolic OH excluding ortho intramolecular Hbond substituents is 1. The summed E-state index contributed by atoms with van der Waals surface area (Å²) in [7, 11) is 0. The van der Waals surface area contributed by atoms with Gasteiger partial charge in [0, 0.05) is 11.6 Å². The Hall–Kier alpha value is -3.23. The van der Waals surface area contributed by atoms with Crippen molar-refractivity contribution >= 4 is 17.3 Å². The van der Waals surface area contributed by atoms with Gasteiger partial charge in [-0.1, -0.05) is 9.61 Å². The molecule has 0 unspecified atom stereocenters. The van der Waals surface area contributed by atoms with Gasteiger partial charge in [-0.3, -0.25) is 0 Å². The van der Waals surface area contributed by atoms with Crippen molar-refractivity contribution in [1.82, 2.24) is 14.6 Å². The van der Waals surface area contributed by atoms with Crippen molar-refractivity contribution in [2.45, 2.75) is 13.0 Å². The van der Waals surface area contributed by atoms with Crippen LogP contribution in [0.3, 0.4) is 0 Å². The third-order valence-electron chi connectivity index (χ3n) is 3.35. The third kappa shape index (κ3) is 2.76. The fourth-order valence-corrected chi connectivity index (χ4v) is 2.23. The van der Waals surface area contributed by atoms with E-state index in [1.54, 1.807) is 19.1 Å². The van der Waals surface area contributed by atoms with Crippen molar-refractivity contribution in [1.29, 1.82) is 0 Å². The van der Waals surface area contributed by atoms with Gasteiger partial charge in [-0.05, 0) is 36.1 Å². The number of fused-ring (bicyclic) bond motifs is 1. The summed E-state index contributed by atoms with van der Waals surface area (Å²) < 4.78 is 14.4. The van der Waals surface area contributed by atoms with Gasteiger partial charge >= 0.3 is 5.82 Å². The van der Waals surface area contributed by atoms with Crippen molar-refractivity contribution in [2.24, 2.45) is 0 Å². The molecule has 0 saturated heterocycles. The van der Waals surface area contributed by atoms with Gasteiger partial charge in [-0.15, -0.1) is 0 Å². The molecule has 9 heteroatoms. The largest absolute Gasteiger partial charge is 0.508 e. The number of benzene rings is 1. The van der Waals surface area contributed by atoms with Crippen LogP contribution in [0.5, 0.6) is 5.75 Å². The topological polar surface area (TPSA) is 106 Å². The van der Waals surface area contributed by atoms with Crippen LogP contribution in [-0.2, 0) is 0 Å². The Labute approximate surface area is 129 Å². The molecule has 0 amide bonds. The van der Waals surface area contributed by atoms with E-state index in [1.807, 2.05) is 0 Å². The molecule has 0 saturated carbocycles. The molecule has 0 aliphatic heterocycles.